The van der Waals surface area contributed by atoms with Crippen LogP contribution in [0.5, 0.6) is 5.75 Å². The first kappa shape index (κ1) is 12.0. The van der Waals surface area contributed by atoms with E-state index in [0.717, 1.165) is 12.2 Å². The van der Waals surface area contributed by atoms with E-state index in [2.05, 4.69) is 12.1 Å². The van der Waals surface area contributed by atoms with Gasteiger partial charge in [-0.2, -0.15) is 0 Å². The number of ether oxygens (including phenoxy) is 1. The molecular formula is C16H23NO. The second kappa shape index (κ2) is 5.31. The zero-order valence-corrected chi connectivity index (χ0v) is 11.0. The van der Waals surface area contributed by atoms with Crippen molar-refractivity contribution in [2.45, 2.75) is 57.1 Å². The number of hydrogen-bond acceptors (Lipinski definition) is 2. The topological polar surface area (TPSA) is 35.2 Å². The lowest BCUT2D eigenvalue weighted by molar-refractivity contribution is 0.0906. The van der Waals surface area contributed by atoms with Crippen LogP contribution in [0.25, 0.3) is 0 Å². The minimum Gasteiger partial charge on any atom is -0.490 e. The van der Waals surface area contributed by atoms with Crippen molar-refractivity contribution in [1.82, 2.24) is 0 Å². The molecule has 2 unspecified atom stereocenters. The largest absolute Gasteiger partial charge is 0.490 e. The number of rotatable bonds is 1. The van der Waals surface area contributed by atoms with Gasteiger partial charge < -0.3 is 10.5 Å². The fourth-order valence-corrected chi connectivity index (χ4v) is 3.45. The molecule has 2 N–H and O–H groups in total. The first-order chi connectivity index (χ1) is 8.84. The molecule has 0 radical (unpaired) electrons. The predicted octanol–water partition coefficient (Wildman–Crippen LogP) is 3.81. The van der Waals surface area contributed by atoms with Crippen LogP contribution in [0.4, 0.5) is 0 Å². The van der Waals surface area contributed by atoms with Gasteiger partial charge in [0.1, 0.15) is 11.9 Å². The molecule has 2 nitrogen and oxygen atoms in total. The van der Waals surface area contributed by atoms with E-state index in [1.807, 2.05) is 12.1 Å². The second-order valence-corrected chi connectivity index (χ2v) is 5.79. The van der Waals surface area contributed by atoms with Crippen molar-refractivity contribution in [2.24, 2.45) is 11.7 Å². The van der Waals surface area contributed by atoms with Crippen LogP contribution in [0.3, 0.4) is 0 Å². The van der Waals surface area contributed by atoms with E-state index in [0.29, 0.717) is 12.0 Å². The maximum atomic E-state index is 6.30. The first-order valence-electron chi connectivity index (χ1n) is 7.36. The molecular weight excluding hydrogens is 222 g/mol. The van der Waals surface area contributed by atoms with Crippen LogP contribution in [-0.2, 0) is 0 Å². The van der Waals surface area contributed by atoms with Crippen LogP contribution in [0.15, 0.2) is 24.3 Å². The zero-order valence-electron chi connectivity index (χ0n) is 11.0. The van der Waals surface area contributed by atoms with Gasteiger partial charge in [-0.25, -0.2) is 0 Å². The summed E-state index contributed by atoms with van der Waals surface area (Å²) in [6.07, 6.45) is 9.48. The molecule has 0 spiro atoms. The van der Waals surface area contributed by atoms with Gasteiger partial charge >= 0.3 is 0 Å². The first-order valence-corrected chi connectivity index (χ1v) is 7.36. The van der Waals surface area contributed by atoms with E-state index in [1.54, 1.807) is 0 Å². The van der Waals surface area contributed by atoms with Crippen LogP contribution in [0, 0.1) is 5.92 Å². The summed E-state index contributed by atoms with van der Waals surface area (Å²) in [6.45, 7) is 0. The fraction of sp³-hybridized carbons (Fsp3) is 0.625. The van der Waals surface area contributed by atoms with Crippen molar-refractivity contribution < 1.29 is 4.74 Å². The molecule has 1 fully saturated rings. The predicted molar refractivity (Wildman–Crippen MR) is 73.6 cm³/mol. The fourth-order valence-electron chi connectivity index (χ4n) is 3.45. The van der Waals surface area contributed by atoms with Crippen LogP contribution in [0.1, 0.15) is 56.6 Å². The number of nitrogens with two attached hydrogens (primary N) is 1. The summed E-state index contributed by atoms with van der Waals surface area (Å²) in [7, 11) is 0. The van der Waals surface area contributed by atoms with Gasteiger partial charge in [-0.05, 0) is 24.8 Å². The van der Waals surface area contributed by atoms with E-state index >= 15 is 0 Å². The zero-order chi connectivity index (χ0) is 12.4. The monoisotopic (exact) mass is 245 g/mol. The summed E-state index contributed by atoms with van der Waals surface area (Å²) in [5, 5.41) is 0. The van der Waals surface area contributed by atoms with Crippen molar-refractivity contribution in [3.63, 3.8) is 0 Å². The number of fused-ring (bicyclic) bond motifs is 1. The molecule has 98 valence electrons. The molecule has 1 aliphatic carbocycles. The molecule has 1 heterocycles. The molecule has 2 heteroatoms. The molecule has 1 aliphatic heterocycles. The molecule has 0 saturated heterocycles. The minimum absolute atomic E-state index is 0.156. The highest BCUT2D eigenvalue weighted by Gasteiger charge is 2.31. The third kappa shape index (κ3) is 2.39. The lowest BCUT2D eigenvalue weighted by atomic mass is 9.86. The van der Waals surface area contributed by atoms with Gasteiger partial charge in [0.15, 0.2) is 0 Å². The van der Waals surface area contributed by atoms with E-state index < -0.39 is 0 Å². The van der Waals surface area contributed by atoms with Gasteiger partial charge in [0.25, 0.3) is 0 Å². The van der Waals surface area contributed by atoms with Gasteiger partial charge in [0.2, 0.25) is 0 Å². The second-order valence-electron chi connectivity index (χ2n) is 5.79. The van der Waals surface area contributed by atoms with Gasteiger partial charge in [-0.1, -0.05) is 43.9 Å². The highest BCUT2D eigenvalue weighted by atomic mass is 16.5. The van der Waals surface area contributed by atoms with Crippen LogP contribution in [0.2, 0.25) is 0 Å². The van der Waals surface area contributed by atoms with Gasteiger partial charge in [-0.15, -0.1) is 0 Å². The molecule has 2 atom stereocenters. The summed E-state index contributed by atoms with van der Waals surface area (Å²) in [6, 6.07) is 8.42. The van der Waals surface area contributed by atoms with Crippen molar-refractivity contribution in [3.05, 3.63) is 29.8 Å². The average Bonchev–Trinajstić information content (AvgIpc) is 2.67. The normalized spacial score (nSPS) is 29.2. The average molecular weight is 245 g/mol. The highest BCUT2D eigenvalue weighted by molar-refractivity contribution is 5.37. The van der Waals surface area contributed by atoms with Crippen LogP contribution >= 0.6 is 0 Å². The van der Waals surface area contributed by atoms with E-state index in [1.165, 1.54) is 44.1 Å². The molecule has 0 amide bonds. The van der Waals surface area contributed by atoms with Crippen LogP contribution < -0.4 is 10.5 Å². The SMILES string of the molecule is NC1CC(C2CCCCCC2)Oc2ccccc21. The maximum Gasteiger partial charge on any atom is 0.124 e. The number of hydrogen-bond donors (Lipinski definition) is 1. The Balaban J connectivity index is 1.76. The lowest BCUT2D eigenvalue weighted by Gasteiger charge is -2.35. The Labute approximate surface area is 110 Å². The molecule has 3 rings (SSSR count). The smallest absolute Gasteiger partial charge is 0.124 e. The summed E-state index contributed by atoms with van der Waals surface area (Å²) < 4.78 is 6.22. The third-order valence-electron chi connectivity index (χ3n) is 4.51. The Morgan fingerprint density at radius 3 is 2.50 bits per heavy atom. The molecule has 18 heavy (non-hydrogen) atoms. The summed E-state index contributed by atoms with van der Waals surface area (Å²) in [5.41, 5.74) is 7.49. The Kier molecular flexibility index (Phi) is 3.55. The maximum absolute atomic E-state index is 6.30. The highest BCUT2D eigenvalue weighted by Crippen LogP contribution is 2.38. The van der Waals surface area contributed by atoms with E-state index in [-0.39, 0.29) is 6.04 Å². The number of benzene rings is 1. The van der Waals surface area contributed by atoms with Gasteiger partial charge in [0, 0.05) is 18.0 Å². The van der Waals surface area contributed by atoms with E-state index in [9.17, 15) is 0 Å². The Hall–Kier alpha value is -1.02. The van der Waals surface area contributed by atoms with Crippen molar-refractivity contribution >= 4 is 0 Å². The van der Waals surface area contributed by atoms with E-state index in [4.69, 9.17) is 10.5 Å². The molecule has 1 aromatic rings. The lowest BCUT2D eigenvalue weighted by Crippen LogP contribution is -2.35. The third-order valence-corrected chi connectivity index (χ3v) is 4.51. The summed E-state index contributed by atoms with van der Waals surface area (Å²) in [4.78, 5) is 0. The summed E-state index contributed by atoms with van der Waals surface area (Å²) >= 11 is 0. The summed E-state index contributed by atoms with van der Waals surface area (Å²) in [5.74, 6) is 1.73. The van der Waals surface area contributed by atoms with Crippen molar-refractivity contribution in [2.75, 3.05) is 0 Å². The molecule has 0 bridgehead atoms. The minimum atomic E-state index is 0.156. The molecule has 1 saturated carbocycles. The molecule has 2 aliphatic rings. The Bertz CT molecular complexity index is 396. The molecule has 0 aromatic heterocycles. The Morgan fingerprint density at radius 2 is 1.72 bits per heavy atom. The van der Waals surface area contributed by atoms with Crippen LogP contribution in [-0.4, -0.2) is 6.10 Å². The number of para-hydroxylation sites is 1. The molecule has 1 aromatic carbocycles. The van der Waals surface area contributed by atoms with Gasteiger partial charge in [0.05, 0.1) is 0 Å². The Morgan fingerprint density at radius 1 is 1.00 bits per heavy atom. The van der Waals surface area contributed by atoms with Gasteiger partial charge in [-0.3, -0.25) is 0 Å². The quantitative estimate of drug-likeness (QED) is 0.764. The van der Waals surface area contributed by atoms with Crippen molar-refractivity contribution in [3.8, 4) is 5.75 Å². The standard InChI is InChI=1S/C16H23NO/c17-14-11-16(12-7-3-1-2-4-8-12)18-15-10-6-5-9-13(14)15/h5-6,9-10,12,14,16H,1-4,7-8,11,17H2. The van der Waals surface area contributed by atoms with Crippen molar-refractivity contribution in [1.29, 1.82) is 0 Å².